The molecule has 2 N–H and O–H groups in total. The van der Waals surface area contributed by atoms with E-state index in [2.05, 4.69) is 4.98 Å². The number of hydrogen-bond donors (Lipinski definition) is 2. The Balaban J connectivity index is 1.52. The predicted molar refractivity (Wildman–Crippen MR) is 129 cm³/mol. The first-order valence-electron chi connectivity index (χ1n) is 10.5. The first-order valence-corrected chi connectivity index (χ1v) is 10.5. The third-order valence-electron chi connectivity index (χ3n) is 5.18. The maximum Gasteiger partial charge on any atom is 0.416 e. The van der Waals surface area contributed by atoms with E-state index in [0.717, 1.165) is 28.7 Å². The number of ether oxygens (including phenoxy) is 2. The van der Waals surface area contributed by atoms with Gasteiger partial charge < -0.3 is 9.47 Å². The summed E-state index contributed by atoms with van der Waals surface area (Å²) in [5, 5.41) is 16.3. The number of rotatable bonds is 7. The Bertz CT molecular complexity index is 1380. The van der Waals surface area contributed by atoms with Gasteiger partial charge in [-0.05, 0) is 53.6 Å². The smallest absolute Gasteiger partial charge is 0.416 e. The third kappa shape index (κ3) is 5.92. The summed E-state index contributed by atoms with van der Waals surface area (Å²) in [6, 6.07) is 23.1. The van der Waals surface area contributed by atoms with Crippen molar-refractivity contribution in [3.05, 3.63) is 107 Å². The van der Waals surface area contributed by atoms with Crippen LogP contribution in [0, 0.1) is 10.8 Å². The van der Waals surface area contributed by atoms with Gasteiger partial charge in [0.25, 0.3) is 0 Å². The van der Waals surface area contributed by atoms with Crippen LogP contribution >= 0.6 is 0 Å². The molecule has 8 heteroatoms. The predicted octanol–water partition coefficient (Wildman–Crippen LogP) is 6.97. The lowest BCUT2D eigenvalue weighted by Gasteiger charge is -2.11. The maximum atomic E-state index is 12.8. The summed E-state index contributed by atoms with van der Waals surface area (Å²) in [6.45, 7) is 0.269. The average Bonchev–Trinajstić information content (AvgIpc) is 2.86. The number of alkyl halides is 3. The van der Waals surface area contributed by atoms with E-state index < -0.39 is 11.7 Å². The lowest BCUT2D eigenvalue weighted by molar-refractivity contribution is -0.137. The molecule has 1 aromatic heterocycles. The van der Waals surface area contributed by atoms with E-state index in [-0.39, 0.29) is 12.5 Å². The number of aromatic nitrogens is 1. The summed E-state index contributed by atoms with van der Waals surface area (Å²) in [5.41, 5.74) is 2.23. The summed E-state index contributed by atoms with van der Waals surface area (Å²) >= 11 is 0. The first kappa shape index (κ1) is 23.7. The number of benzene rings is 3. The summed E-state index contributed by atoms with van der Waals surface area (Å²) < 4.78 is 49.3. The van der Waals surface area contributed by atoms with Gasteiger partial charge in [-0.15, -0.1) is 0 Å². The fourth-order valence-electron chi connectivity index (χ4n) is 3.41. The molecule has 1 heterocycles. The van der Waals surface area contributed by atoms with E-state index in [1.54, 1.807) is 24.3 Å². The molecule has 0 unspecified atom stereocenters. The number of nitrogens with zero attached hydrogens (tertiary/aromatic N) is 1. The van der Waals surface area contributed by atoms with Crippen molar-refractivity contribution in [2.75, 3.05) is 0 Å². The molecule has 3 aromatic carbocycles. The highest BCUT2D eigenvalue weighted by Crippen LogP contribution is 2.30. The quantitative estimate of drug-likeness (QED) is 0.172. The molecule has 176 valence electrons. The molecule has 0 saturated carbocycles. The highest BCUT2D eigenvalue weighted by molar-refractivity contribution is 6.24. The maximum absolute atomic E-state index is 12.8. The lowest BCUT2D eigenvalue weighted by atomic mass is 10.0. The molecule has 0 fully saturated rings. The van der Waals surface area contributed by atoms with Crippen LogP contribution in [-0.4, -0.2) is 17.3 Å². The molecule has 5 nitrogen and oxygen atoms in total. The molecule has 0 aliphatic carbocycles. The van der Waals surface area contributed by atoms with Crippen molar-refractivity contribution >= 4 is 34.9 Å². The summed E-state index contributed by atoms with van der Waals surface area (Å²) in [4.78, 5) is 4.58. The van der Waals surface area contributed by atoms with Gasteiger partial charge >= 0.3 is 6.18 Å². The van der Waals surface area contributed by atoms with E-state index >= 15 is 0 Å². The standard InChI is InChI=1S/C27H20F3N3O2/c28-27(29,30)21-10-5-18(6-11-21)15-24(26(32)35-17-31)19-8-13-23(14-9-19)34-16-22-12-7-20-3-1-2-4-25(20)33-22/h1-15,17,31-32H,16H2. The summed E-state index contributed by atoms with van der Waals surface area (Å²) in [5.74, 6) is 0.269. The Hall–Kier alpha value is -4.46. The Morgan fingerprint density at radius 1 is 0.886 bits per heavy atom. The minimum atomic E-state index is -4.43. The molecule has 4 rings (SSSR count). The molecule has 0 amide bonds. The van der Waals surface area contributed by atoms with Crippen molar-refractivity contribution in [2.45, 2.75) is 12.8 Å². The second-order valence-electron chi connectivity index (χ2n) is 7.55. The van der Waals surface area contributed by atoms with E-state index in [9.17, 15) is 13.2 Å². The van der Waals surface area contributed by atoms with Crippen LogP contribution in [0.5, 0.6) is 5.75 Å². The number of halogens is 3. The van der Waals surface area contributed by atoms with Gasteiger partial charge in [0, 0.05) is 11.0 Å². The van der Waals surface area contributed by atoms with Crippen molar-refractivity contribution < 1.29 is 22.6 Å². The van der Waals surface area contributed by atoms with Gasteiger partial charge in [-0.25, -0.2) is 4.98 Å². The van der Waals surface area contributed by atoms with Crippen molar-refractivity contribution in [3.63, 3.8) is 0 Å². The zero-order chi connectivity index (χ0) is 24.8. The molecule has 0 bridgehead atoms. The summed E-state index contributed by atoms with van der Waals surface area (Å²) in [7, 11) is 0. The van der Waals surface area contributed by atoms with Crippen molar-refractivity contribution in [1.29, 1.82) is 10.8 Å². The Labute approximate surface area is 199 Å². The number of fused-ring (bicyclic) bond motifs is 1. The Kier molecular flexibility index (Phi) is 6.91. The van der Waals surface area contributed by atoms with Crippen LogP contribution in [0.3, 0.4) is 0 Å². The number of pyridine rings is 1. The van der Waals surface area contributed by atoms with Crippen LogP contribution in [0.1, 0.15) is 22.4 Å². The zero-order valence-electron chi connectivity index (χ0n) is 18.3. The fourth-order valence-corrected chi connectivity index (χ4v) is 3.41. The molecule has 0 spiro atoms. The molecule has 4 aromatic rings. The molecule has 0 aliphatic heterocycles. The van der Waals surface area contributed by atoms with E-state index in [0.29, 0.717) is 28.9 Å². The molecule has 0 saturated heterocycles. The largest absolute Gasteiger partial charge is 0.487 e. The van der Waals surface area contributed by atoms with Crippen LogP contribution in [0.25, 0.3) is 22.6 Å². The second kappa shape index (κ2) is 10.2. The molecule has 0 aliphatic rings. The van der Waals surface area contributed by atoms with E-state index in [1.807, 2.05) is 36.4 Å². The van der Waals surface area contributed by atoms with Crippen LogP contribution in [0.15, 0.2) is 84.9 Å². The number of hydrogen-bond acceptors (Lipinski definition) is 5. The van der Waals surface area contributed by atoms with Crippen molar-refractivity contribution in [3.8, 4) is 5.75 Å². The second-order valence-corrected chi connectivity index (χ2v) is 7.55. The zero-order valence-corrected chi connectivity index (χ0v) is 18.3. The van der Waals surface area contributed by atoms with E-state index in [4.69, 9.17) is 20.3 Å². The molecule has 0 radical (unpaired) electrons. The van der Waals surface area contributed by atoms with Gasteiger partial charge in [0.1, 0.15) is 12.4 Å². The Morgan fingerprint density at radius 3 is 2.29 bits per heavy atom. The van der Waals surface area contributed by atoms with Gasteiger partial charge in [-0.1, -0.05) is 48.5 Å². The normalized spacial score (nSPS) is 11.8. The minimum Gasteiger partial charge on any atom is -0.487 e. The molecule has 0 atom stereocenters. The van der Waals surface area contributed by atoms with Crippen molar-refractivity contribution in [2.24, 2.45) is 0 Å². The fraction of sp³-hybridized carbons (Fsp3) is 0.0741. The van der Waals surface area contributed by atoms with Gasteiger partial charge in [0.05, 0.1) is 16.8 Å². The van der Waals surface area contributed by atoms with Gasteiger partial charge in [0.15, 0.2) is 6.40 Å². The van der Waals surface area contributed by atoms with Crippen LogP contribution < -0.4 is 4.74 Å². The van der Waals surface area contributed by atoms with Gasteiger partial charge in [0.2, 0.25) is 5.90 Å². The van der Waals surface area contributed by atoms with Gasteiger partial charge in [-0.2, -0.15) is 13.2 Å². The summed E-state index contributed by atoms with van der Waals surface area (Å²) in [6.07, 6.45) is -2.28. The van der Waals surface area contributed by atoms with E-state index in [1.165, 1.54) is 18.2 Å². The number of para-hydroxylation sites is 1. The monoisotopic (exact) mass is 475 g/mol. The highest BCUT2D eigenvalue weighted by atomic mass is 19.4. The lowest BCUT2D eigenvalue weighted by Crippen LogP contribution is -2.06. The van der Waals surface area contributed by atoms with Crippen LogP contribution in [0.4, 0.5) is 13.2 Å². The average molecular weight is 475 g/mol. The molecular formula is C27H20F3N3O2. The number of nitrogens with one attached hydrogen (secondary N) is 2. The minimum absolute atomic E-state index is 0.269. The van der Waals surface area contributed by atoms with Crippen molar-refractivity contribution in [1.82, 2.24) is 4.98 Å². The first-order chi connectivity index (χ1) is 16.8. The van der Waals surface area contributed by atoms with Gasteiger partial charge in [-0.3, -0.25) is 10.8 Å². The third-order valence-corrected chi connectivity index (χ3v) is 5.18. The SMILES string of the molecule is N=COC(=N)C(=Cc1ccc(C(F)(F)F)cc1)c1ccc(OCc2ccc3ccccc3n2)cc1. The molecular weight excluding hydrogens is 455 g/mol. The van der Waals surface area contributed by atoms with Crippen LogP contribution in [0.2, 0.25) is 0 Å². The Morgan fingerprint density at radius 2 is 1.60 bits per heavy atom. The topological polar surface area (TPSA) is 79.0 Å². The van der Waals surface area contributed by atoms with Crippen LogP contribution in [-0.2, 0) is 17.5 Å². The molecule has 35 heavy (non-hydrogen) atoms. The highest BCUT2D eigenvalue weighted by Gasteiger charge is 2.29.